The number of thiol groups is 1. The minimum Gasteiger partial charge on any atom is -0.462 e. The Hall–Kier alpha value is -0.360. The van der Waals surface area contributed by atoms with Crippen LogP contribution in [0.2, 0.25) is 0 Å². The normalized spacial score (nSPS) is 23.4. The molecule has 0 aromatic carbocycles. The Bertz CT molecular complexity index is 247. The van der Waals surface area contributed by atoms with Gasteiger partial charge in [-0.3, -0.25) is 9.59 Å². The second-order valence-electron chi connectivity index (χ2n) is 4.35. The van der Waals surface area contributed by atoms with Gasteiger partial charge in [-0.25, -0.2) is 0 Å². The van der Waals surface area contributed by atoms with Gasteiger partial charge in [-0.15, -0.1) is 0 Å². The number of rotatable bonds is 6. The van der Waals surface area contributed by atoms with Gasteiger partial charge in [-0.2, -0.15) is 12.6 Å². The van der Waals surface area contributed by atoms with Crippen LogP contribution in [0.3, 0.4) is 0 Å². The van der Waals surface area contributed by atoms with Gasteiger partial charge in [0.25, 0.3) is 0 Å². The molecule has 6 heteroatoms. The summed E-state index contributed by atoms with van der Waals surface area (Å²) in [7, 11) is 0. The summed E-state index contributed by atoms with van der Waals surface area (Å²) < 4.78 is 10.6. The fraction of sp³-hybridized carbons (Fsp3) is 0.833. The minimum absolute atomic E-state index is 0.0180. The third-order valence-corrected chi connectivity index (χ3v) is 3.34. The van der Waals surface area contributed by atoms with Gasteiger partial charge >= 0.3 is 11.9 Å². The summed E-state index contributed by atoms with van der Waals surface area (Å²) in [6.07, 6.45) is 3.78. The van der Waals surface area contributed by atoms with Crippen LogP contribution in [0.5, 0.6) is 0 Å². The molecule has 0 saturated heterocycles. The lowest BCUT2D eigenvalue weighted by Gasteiger charge is -2.28. The molecule has 1 aliphatic carbocycles. The molecule has 0 spiro atoms. The summed E-state index contributed by atoms with van der Waals surface area (Å²) >= 11 is 7.24. The zero-order valence-electron chi connectivity index (χ0n) is 10.4. The summed E-state index contributed by atoms with van der Waals surface area (Å²) in [5.41, 5.74) is 0. The molecule has 1 saturated carbocycles. The third kappa shape index (κ3) is 6.00. The lowest BCUT2D eigenvalue weighted by molar-refractivity contribution is -0.157. The monoisotopic (exact) mass is 293 g/mol. The molecule has 0 N–H and O–H groups in total. The van der Waals surface area contributed by atoms with E-state index in [4.69, 9.17) is 9.47 Å². The van der Waals surface area contributed by atoms with Crippen molar-refractivity contribution in [2.24, 2.45) is 0 Å². The van der Waals surface area contributed by atoms with E-state index >= 15 is 0 Å². The topological polar surface area (TPSA) is 52.6 Å². The minimum atomic E-state index is -0.190. The highest BCUT2D eigenvalue weighted by molar-refractivity contribution is 7.80. The van der Waals surface area contributed by atoms with Crippen LogP contribution >= 0.6 is 12.6 Å². The number of esters is 2. The first-order chi connectivity index (χ1) is 8.65. The average Bonchev–Trinajstić information content (AvgIpc) is 2.32. The van der Waals surface area contributed by atoms with Gasteiger partial charge in [-0.05, 0) is 38.3 Å². The van der Waals surface area contributed by atoms with Crippen LogP contribution in [-0.2, 0) is 31.7 Å². The van der Waals surface area contributed by atoms with Crippen LogP contribution in [0.25, 0.3) is 0 Å². The molecule has 104 valence electrons. The number of hydrogen-bond acceptors (Lipinski definition) is 5. The summed E-state index contributed by atoms with van der Waals surface area (Å²) in [5.74, 6) is 0.776. The standard InChI is InChI=1S/C12H20O4S2/c13-11(5-7-17)15-9-1-2-10(4-3-9)16-12(14)6-8-18/h9-10,17-18H,1-8H2/p+1. The van der Waals surface area contributed by atoms with Crippen molar-refractivity contribution in [2.45, 2.75) is 50.7 Å². The number of hydrogen-bond donors (Lipinski definition) is 1. The first kappa shape index (κ1) is 15.7. The molecule has 0 aromatic rings. The molecule has 0 aliphatic heterocycles. The highest BCUT2D eigenvalue weighted by Crippen LogP contribution is 2.24. The molecule has 1 rings (SSSR count). The summed E-state index contributed by atoms with van der Waals surface area (Å²) in [4.78, 5) is 22.6. The molecule has 0 unspecified atom stereocenters. The van der Waals surface area contributed by atoms with E-state index < -0.39 is 0 Å². The van der Waals surface area contributed by atoms with E-state index in [0.717, 1.165) is 25.7 Å². The van der Waals surface area contributed by atoms with Crippen molar-refractivity contribution in [1.82, 2.24) is 0 Å². The first-order valence-electron chi connectivity index (χ1n) is 6.30. The van der Waals surface area contributed by atoms with Gasteiger partial charge in [0.05, 0.1) is 12.8 Å². The van der Waals surface area contributed by atoms with Gasteiger partial charge in [0.2, 0.25) is 0 Å². The average molecular weight is 293 g/mol. The Morgan fingerprint density at radius 2 is 1.44 bits per heavy atom. The van der Waals surface area contributed by atoms with Gasteiger partial charge in [0.15, 0.2) is 0 Å². The maximum absolute atomic E-state index is 11.3. The zero-order valence-corrected chi connectivity index (χ0v) is 12.3. The predicted molar refractivity (Wildman–Crippen MR) is 76.3 cm³/mol. The van der Waals surface area contributed by atoms with E-state index in [-0.39, 0.29) is 24.1 Å². The molecule has 0 atom stereocenters. The molecule has 0 radical (unpaired) electrons. The molecule has 0 heterocycles. The van der Waals surface area contributed by atoms with Crippen molar-refractivity contribution in [1.29, 1.82) is 0 Å². The SMILES string of the molecule is O=C(CCS)OC1CCC(OC(=O)CC[SH2+])CC1. The maximum atomic E-state index is 11.3. The Morgan fingerprint density at radius 3 is 1.83 bits per heavy atom. The van der Waals surface area contributed by atoms with Crippen molar-refractivity contribution >= 4 is 37.2 Å². The fourth-order valence-corrected chi connectivity index (χ4v) is 2.34. The van der Waals surface area contributed by atoms with Crippen LogP contribution in [-0.4, -0.2) is 35.7 Å². The Labute approximate surface area is 119 Å². The van der Waals surface area contributed by atoms with Crippen LogP contribution in [0.15, 0.2) is 0 Å². The van der Waals surface area contributed by atoms with Gasteiger partial charge < -0.3 is 9.47 Å². The van der Waals surface area contributed by atoms with E-state index in [2.05, 4.69) is 25.3 Å². The van der Waals surface area contributed by atoms with Crippen LogP contribution in [0, 0.1) is 0 Å². The zero-order chi connectivity index (χ0) is 13.4. The van der Waals surface area contributed by atoms with Crippen molar-refractivity contribution in [3.8, 4) is 0 Å². The molecule has 0 aromatic heterocycles. The Morgan fingerprint density at radius 1 is 1.00 bits per heavy atom. The van der Waals surface area contributed by atoms with Gasteiger partial charge in [0, 0.05) is 5.75 Å². The van der Waals surface area contributed by atoms with Crippen molar-refractivity contribution < 1.29 is 19.1 Å². The number of ether oxygens (including phenoxy) is 2. The summed E-state index contributed by atoms with van der Waals surface area (Å²) in [5, 5.41) is 0. The van der Waals surface area contributed by atoms with Gasteiger partial charge in [0.1, 0.15) is 18.0 Å². The largest absolute Gasteiger partial charge is 0.462 e. The molecule has 4 nitrogen and oxygen atoms in total. The predicted octanol–water partition coefficient (Wildman–Crippen LogP) is 1.11. The quantitative estimate of drug-likeness (QED) is 0.453. The van der Waals surface area contributed by atoms with E-state index in [1.807, 2.05) is 0 Å². The molecule has 0 bridgehead atoms. The van der Waals surface area contributed by atoms with E-state index in [9.17, 15) is 9.59 Å². The van der Waals surface area contributed by atoms with Gasteiger partial charge in [-0.1, -0.05) is 0 Å². The highest BCUT2D eigenvalue weighted by Gasteiger charge is 2.25. The smallest absolute Gasteiger partial charge is 0.310 e. The number of carbonyl (C=O) groups excluding carboxylic acids is 2. The fourth-order valence-electron chi connectivity index (χ4n) is 1.95. The first-order valence-corrected chi connectivity index (χ1v) is 7.64. The molecular formula is C12H21O4S2+. The molecule has 1 aliphatic rings. The molecule has 0 amide bonds. The van der Waals surface area contributed by atoms with Crippen molar-refractivity contribution in [3.63, 3.8) is 0 Å². The molecule has 18 heavy (non-hydrogen) atoms. The summed E-state index contributed by atoms with van der Waals surface area (Å²) in [6, 6.07) is 0. The van der Waals surface area contributed by atoms with Crippen LogP contribution in [0.1, 0.15) is 38.5 Å². The molecule has 1 fully saturated rings. The second kappa shape index (κ2) is 8.69. The van der Waals surface area contributed by atoms with E-state index in [1.54, 1.807) is 0 Å². The lowest BCUT2D eigenvalue weighted by Crippen LogP contribution is -2.29. The third-order valence-electron chi connectivity index (χ3n) is 2.86. The Kier molecular flexibility index (Phi) is 7.58. The lowest BCUT2D eigenvalue weighted by atomic mass is 9.95. The number of carbonyl (C=O) groups is 2. The maximum Gasteiger partial charge on any atom is 0.310 e. The van der Waals surface area contributed by atoms with E-state index in [1.165, 1.54) is 0 Å². The van der Waals surface area contributed by atoms with Crippen LogP contribution in [0.4, 0.5) is 0 Å². The summed E-state index contributed by atoms with van der Waals surface area (Å²) in [6.45, 7) is 0. The Balaban J connectivity index is 2.20. The highest BCUT2D eigenvalue weighted by atomic mass is 32.1. The van der Waals surface area contributed by atoms with Crippen LogP contribution < -0.4 is 0 Å². The van der Waals surface area contributed by atoms with Crippen molar-refractivity contribution in [3.05, 3.63) is 0 Å². The second-order valence-corrected chi connectivity index (χ2v) is 5.30. The van der Waals surface area contributed by atoms with E-state index in [0.29, 0.717) is 24.3 Å². The molecular weight excluding hydrogens is 272 g/mol. The van der Waals surface area contributed by atoms with Crippen molar-refractivity contribution in [2.75, 3.05) is 11.5 Å².